The van der Waals surface area contributed by atoms with Crippen LogP contribution in [0.1, 0.15) is 23.6 Å². The van der Waals surface area contributed by atoms with Crippen molar-refractivity contribution in [3.63, 3.8) is 0 Å². The lowest BCUT2D eigenvalue weighted by atomic mass is 10.1. The number of hydrogen-bond acceptors (Lipinski definition) is 3. The second-order valence-corrected chi connectivity index (χ2v) is 6.37. The van der Waals surface area contributed by atoms with Crippen molar-refractivity contribution < 1.29 is 9.47 Å². The van der Waals surface area contributed by atoms with Crippen molar-refractivity contribution >= 4 is 15.9 Å². The van der Waals surface area contributed by atoms with Crippen molar-refractivity contribution in [2.45, 2.75) is 27.0 Å². The molecular formula is C20H24BrNO2. The summed E-state index contributed by atoms with van der Waals surface area (Å²) < 4.78 is 12.7. The van der Waals surface area contributed by atoms with Gasteiger partial charge < -0.3 is 14.8 Å². The van der Waals surface area contributed by atoms with Crippen LogP contribution in [0.25, 0.3) is 0 Å². The summed E-state index contributed by atoms with van der Waals surface area (Å²) in [6.45, 7) is 10.4. The fraction of sp³-hybridized carbons (Fsp3) is 0.300. The number of benzene rings is 2. The van der Waals surface area contributed by atoms with E-state index in [0.717, 1.165) is 40.2 Å². The zero-order valence-corrected chi connectivity index (χ0v) is 15.9. The molecule has 128 valence electrons. The van der Waals surface area contributed by atoms with Crippen LogP contribution in [0.4, 0.5) is 0 Å². The lowest BCUT2D eigenvalue weighted by Crippen LogP contribution is -2.13. The van der Waals surface area contributed by atoms with Gasteiger partial charge in [-0.1, -0.05) is 51.8 Å². The molecule has 0 bridgehead atoms. The molecule has 0 aliphatic heterocycles. The molecule has 0 radical (unpaired) electrons. The molecule has 24 heavy (non-hydrogen) atoms. The first-order chi connectivity index (χ1) is 11.6. The van der Waals surface area contributed by atoms with E-state index in [2.05, 4.69) is 59.0 Å². The average Bonchev–Trinajstić information content (AvgIpc) is 2.58. The van der Waals surface area contributed by atoms with Crippen molar-refractivity contribution in [3.8, 4) is 11.5 Å². The van der Waals surface area contributed by atoms with Crippen LogP contribution in [0.15, 0.2) is 53.5 Å². The van der Waals surface area contributed by atoms with E-state index < -0.39 is 0 Å². The zero-order valence-electron chi connectivity index (χ0n) is 14.3. The van der Waals surface area contributed by atoms with Crippen molar-refractivity contribution in [1.82, 2.24) is 5.32 Å². The van der Waals surface area contributed by atoms with Gasteiger partial charge in [0, 0.05) is 17.6 Å². The summed E-state index contributed by atoms with van der Waals surface area (Å²) >= 11 is 3.62. The van der Waals surface area contributed by atoms with Gasteiger partial charge in [-0.15, -0.1) is 6.58 Å². The van der Waals surface area contributed by atoms with Gasteiger partial charge in [-0.05, 0) is 37.1 Å². The van der Waals surface area contributed by atoms with Crippen LogP contribution in [0.2, 0.25) is 0 Å². The molecule has 0 saturated heterocycles. The second kappa shape index (κ2) is 9.50. The van der Waals surface area contributed by atoms with Gasteiger partial charge in [0.05, 0.1) is 6.61 Å². The highest BCUT2D eigenvalue weighted by Gasteiger charge is 2.11. The largest absolute Gasteiger partial charge is 0.490 e. The predicted molar refractivity (Wildman–Crippen MR) is 103 cm³/mol. The van der Waals surface area contributed by atoms with Crippen LogP contribution in [0.3, 0.4) is 0 Å². The van der Waals surface area contributed by atoms with Gasteiger partial charge in [0.25, 0.3) is 0 Å². The highest BCUT2D eigenvalue weighted by molar-refractivity contribution is 9.10. The smallest absolute Gasteiger partial charge is 0.162 e. The minimum absolute atomic E-state index is 0.515. The number of nitrogens with one attached hydrogen (secondary N) is 1. The molecule has 0 heterocycles. The standard InChI is InChI=1S/C20H24BrNO2/c1-4-10-22-13-17-11-19(23-5-2)20(12-18(17)21)24-14-16-8-6-15(3)7-9-16/h4,6-9,11-12,22H,1,5,10,13-14H2,2-3H3. The summed E-state index contributed by atoms with van der Waals surface area (Å²) in [6.07, 6.45) is 1.84. The lowest BCUT2D eigenvalue weighted by molar-refractivity contribution is 0.269. The molecule has 0 atom stereocenters. The number of hydrogen-bond donors (Lipinski definition) is 1. The molecule has 0 aliphatic rings. The Morgan fingerprint density at radius 1 is 1.12 bits per heavy atom. The highest BCUT2D eigenvalue weighted by Crippen LogP contribution is 2.34. The monoisotopic (exact) mass is 389 g/mol. The third-order valence-electron chi connectivity index (χ3n) is 3.53. The van der Waals surface area contributed by atoms with Crippen LogP contribution in [-0.4, -0.2) is 13.2 Å². The zero-order chi connectivity index (χ0) is 17.4. The molecule has 0 amide bonds. The van der Waals surface area contributed by atoms with E-state index in [1.807, 2.05) is 25.1 Å². The van der Waals surface area contributed by atoms with Crippen molar-refractivity contribution in [3.05, 3.63) is 70.2 Å². The highest BCUT2D eigenvalue weighted by atomic mass is 79.9. The first kappa shape index (κ1) is 18.6. The summed E-state index contributed by atoms with van der Waals surface area (Å²) in [5.41, 5.74) is 3.51. The Labute approximate surface area is 152 Å². The third-order valence-corrected chi connectivity index (χ3v) is 4.27. The number of rotatable bonds is 9. The molecule has 0 fully saturated rings. The molecule has 0 spiro atoms. The first-order valence-corrected chi connectivity index (χ1v) is 8.88. The molecule has 0 saturated carbocycles. The van der Waals surface area contributed by atoms with Crippen molar-refractivity contribution in [2.24, 2.45) is 0 Å². The molecule has 2 aromatic carbocycles. The minimum Gasteiger partial charge on any atom is -0.490 e. The quantitative estimate of drug-likeness (QED) is 0.482. The maximum Gasteiger partial charge on any atom is 0.162 e. The van der Waals surface area contributed by atoms with Crippen LogP contribution in [-0.2, 0) is 13.2 Å². The molecule has 0 aliphatic carbocycles. The molecule has 2 aromatic rings. The Hall–Kier alpha value is -1.78. The topological polar surface area (TPSA) is 30.5 Å². The van der Waals surface area contributed by atoms with Gasteiger partial charge in [0.2, 0.25) is 0 Å². The van der Waals surface area contributed by atoms with Gasteiger partial charge in [-0.2, -0.15) is 0 Å². The SMILES string of the molecule is C=CCNCc1cc(OCC)c(OCc2ccc(C)cc2)cc1Br. The van der Waals surface area contributed by atoms with Gasteiger partial charge >= 0.3 is 0 Å². The van der Waals surface area contributed by atoms with E-state index in [1.54, 1.807) is 0 Å². The molecule has 0 aromatic heterocycles. The molecule has 2 rings (SSSR count). The van der Waals surface area contributed by atoms with E-state index in [1.165, 1.54) is 5.56 Å². The van der Waals surface area contributed by atoms with Crippen molar-refractivity contribution in [2.75, 3.05) is 13.2 Å². The molecule has 3 nitrogen and oxygen atoms in total. The normalized spacial score (nSPS) is 10.5. The molecule has 4 heteroatoms. The van der Waals surface area contributed by atoms with Crippen LogP contribution >= 0.6 is 15.9 Å². The average molecular weight is 390 g/mol. The summed E-state index contributed by atoms with van der Waals surface area (Å²) in [6, 6.07) is 12.3. The summed E-state index contributed by atoms with van der Waals surface area (Å²) in [7, 11) is 0. The Balaban J connectivity index is 2.13. The molecular weight excluding hydrogens is 366 g/mol. The Bertz CT molecular complexity index is 668. The van der Waals surface area contributed by atoms with Gasteiger partial charge in [0.15, 0.2) is 11.5 Å². The Morgan fingerprint density at radius 3 is 2.50 bits per heavy atom. The fourth-order valence-electron chi connectivity index (χ4n) is 2.25. The van der Waals surface area contributed by atoms with E-state index in [4.69, 9.17) is 9.47 Å². The predicted octanol–water partition coefficient (Wildman–Crippen LogP) is 5.01. The second-order valence-electron chi connectivity index (χ2n) is 5.52. The maximum atomic E-state index is 5.99. The van der Waals surface area contributed by atoms with Crippen LogP contribution in [0, 0.1) is 6.92 Å². The van der Waals surface area contributed by atoms with E-state index in [-0.39, 0.29) is 0 Å². The summed E-state index contributed by atoms with van der Waals surface area (Å²) in [4.78, 5) is 0. The van der Waals surface area contributed by atoms with Crippen molar-refractivity contribution in [1.29, 1.82) is 0 Å². The minimum atomic E-state index is 0.515. The Morgan fingerprint density at radius 2 is 1.83 bits per heavy atom. The number of ether oxygens (including phenoxy) is 2. The van der Waals surface area contributed by atoms with Crippen LogP contribution < -0.4 is 14.8 Å². The fourth-order valence-corrected chi connectivity index (χ4v) is 2.71. The molecule has 0 unspecified atom stereocenters. The van der Waals surface area contributed by atoms with Gasteiger partial charge in [0.1, 0.15) is 6.61 Å². The van der Waals surface area contributed by atoms with E-state index in [0.29, 0.717) is 13.2 Å². The summed E-state index contributed by atoms with van der Waals surface area (Å²) in [5, 5.41) is 3.30. The molecule has 1 N–H and O–H groups in total. The van der Waals surface area contributed by atoms with Gasteiger partial charge in [-0.25, -0.2) is 0 Å². The van der Waals surface area contributed by atoms with E-state index in [9.17, 15) is 0 Å². The van der Waals surface area contributed by atoms with Gasteiger partial charge in [-0.3, -0.25) is 0 Å². The van der Waals surface area contributed by atoms with Crippen LogP contribution in [0.5, 0.6) is 11.5 Å². The number of halogens is 1. The maximum absolute atomic E-state index is 5.99. The summed E-state index contributed by atoms with van der Waals surface area (Å²) in [5.74, 6) is 1.51. The Kier molecular flexibility index (Phi) is 7.35. The first-order valence-electron chi connectivity index (χ1n) is 8.09. The lowest BCUT2D eigenvalue weighted by Gasteiger charge is -2.15. The number of aryl methyl sites for hydroxylation is 1. The third kappa shape index (κ3) is 5.39. The van der Waals surface area contributed by atoms with E-state index >= 15 is 0 Å².